The summed E-state index contributed by atoms with van der Waals surface area (Å²) >= 11 is 0. The third kappa shape index (κ3) is 4.46. The number of esters is 1. The smallest absolute Gasteiger partial charge is 0.327 e. The summed E-state index contributed by atoms with van der Waals surface area (Å²) in [7, 11) is 0. The third-order valence-corrected chi connectivity index (χ3v) is 3.48. The minimum absolute atomic E-state index is 0.0477. The number of fused-ring (bicyclic) bond motifs is 1. The number of rotatable bonds is 7. The number of anilines is 1. The second kappa shape index (κ2) is 7.65. The van der Waals surface area contributed by atoms with Gasteiger partial charge in [-0.2, -0.15) is 0 Å². The van der Waals surface area contributed by atoms with E-state index in [1.54, 1.807) is 6.92 Å². The van der Waals surface area contributed by atoms with Gasteiger partial charge in [-0.15, -0.1) is 5.10 Å². The van der Waals surface area contributed by atoms with Crippen LogP contribution in [0.3, 0.4) is 0 Å². The highest BCUT2D eigenvalue weighted by Gasteiger charge is 2.14. The molecule has 1 aromatic heterocycles. The summed E-state index contributed by atoms with van der Waals surface area (Å²) in [4.78, 5) is 23.4. The van der Waals surface area contributed by atoms with Crippen molar-refractivity contribution >= 4 is 17.7 Å². The van der Waals surface area contributed by atoms with Gasteiger partial charge in [-0.3, -0.25) is 9.59 Å². The topological polar surface area (TPSA) is 105 Å². The molecule has 1 aromatic carbocycles. The standard InChI is InChI=1S/C16H18N4O5/c1-2-23-16(22)9-20-8-14(18-19-20)17-15(21)6-4-11-3-5-12-13(7-11)25-10-24-12/h3,5,7-8H,2,4,6,9-10H2,1H3,(H,17,21). The molecule has 0 aliphatic carbocycles. The Bertz CT molecular complexity index is 774. The van der Waals surface area contributed by atoms with E-state index in [0.29, 0.717) is 30.3 Å². The number of hydrogen-bond donors (Lipinski definition) is 1. The number of aromatic nitrogens is 3. The molecule has 0 atom stereocenters. The Morgan fingerprint density at radius 3 is 3.00 bits per heavy atom. The minimum atomic E-state index is -0.409. The number of carbonyl (C=O) groups is 2. The second-order valence-corrected chi connectivity index (χ2v) is 5.34. The van der Waals surface area contributed by atoms with Crippen molar-refractivity contribution in [2.75, 3.05) is 18.7 Å². The zero-order valence-corrected chi connectivity index (χ0v) is 13.7. The van der Waals surface area contributed by atoms with E-state index in [9.17, 15) is 9.59 Å². The lowest BCUT2D eigenvalue weighted by molar-refractivity contribution is -0.144. The zero-order valence-electron chi connectivity index (χ0n) is 13.7. The lowest BCUT2D eigenvalue weighted by atomic mass is 10.1. The van der Waals surface area contributed by atoms with E-state index in [1.165, 1.54) is 10.9 Å². The zero-order chi connectivity index (χ0) is 17.6. The summed E-state index contributed by atoms with van der Waals surface area (Å²) in [6.45, 7) is 2.21. The largest absolute Gasteiger partial charge is 0.465 e. The maximum absolute atomic E-state index is 12.0. The van der Waals surface area contributed by atoms with Crippen molar-refractivity contribution < 1.29 is 23.8 Å². The van der Waals surface area contributed by atoms with Gasteiger partial charge in [0.25, 0.3) is 0 Å². The number of ether oxygens (including phenoxy) is 3. The fourth-order valence-corrected chi connectivity index (χ4v) is 2.33. The van der Waals surface area contributed by atoms with Gasteiger partial charge in [-0.1, -0.05) is 11.3 Å². The Balaban J connectivity index is 1.48. The predicted molar refractivity (Wildman–Crippen MR) is 86.2 cm³/mol. The molecular weight excluding hydrogens is 328 g/mol. The van der Waals surface area contributed by atoms with Crippen LogP contribution >= 0.6 is 0 Å². The van der Waals surface area contributed by atoms with Crippen molar-refractivity contribution in [1.29, 1.82) is 0 Å². The molecule has 0 radical (unpaired) electrons. The first-order valence-electron chi connectivity index (χ1n) is 7.88. The Hall–Kier alpha value is -3.10. The van der Waals surface area contributed by atoms with Gasteiger partial charge in [-0.05, 0) is 31.0 Å². The van der Waals surface area contributed by atoms with Crippen molar-refractivity contribution in [2.24, 2.45) is 0 Å². The van der Waals surface area contributed by atoms with Gasteiger partial charge in [0.1, 0.15) is 6.54 Å². The van der Waals surface area contributed by atoms with Crippen LogP contribution in [-0.4, -0.2) is 40.3 Å². The molecule has 1 N–H and O–H groups in total. The number of nitrogens with one attached hydrogen (secondary N) is 1. The number of hydrogen-bond acceptors (Lipinski definition) is 7. The van der Waals surface area contributed by atoms with Crippen molar-refractivity contribution in [3.8, 4) is 11.5 Å². The molecule has 3 rings (SSSR count). The van der Waals surface area contributed by atoms with Gasteiger partial charge in [0.05, 0.1) is 12.8 Å². The number of carbonyl (C=O) groups excluding carboxylic acids is 2. The summed E-state index contributed by atoms with van der Waals surface area (Å²) in [5, 5.41) is 10.2. The normalized spacial score (nSPS) is 12.0. The van der Waals surface area contributed by atoms with Crippen molar-refractivity contribution in [3.63, 3.8) is 0 Å². The molecule has 1 amide bonds. The first kappa shape index (κ1) is 16.7. The summed E-state index contributed by atoms with van der Waals surface area (Å²) in [5.41, 5.74) is 0.977. The van der Waals surface area contributed by atoms with Crippen LogP contribution in [0.5, 0.6) is 11.5 Å². The molecule has 9 nitrogen and oxygen atoms in total. The van der Waals surface area contributed by atoms with E-state index < -0.39 is 5.97 Å². The lowest BCUT2D eigenvalue weighted by Crippen LogP contribution is -2.14. The van der Waals surface area contributed by atoms with Crippen LogP contribution in [-0.2, 0) is 27.3 Å². The van der Waals surface area contributed by atoms with Crippen LogP contribution in [0.2, 0.25) is 0 Å². The molecule has 0 bridgehead atoms. The molecule has 0 saturated carbocycles. The number of amides is 1. The van der Waals surface area contributed by atoms with E-state index in [0.717, 1.165) is 5.56 Å². The maximum atomic E-state index is 12.0. The van der Waals surface area contributed by atoms with Gasteiger partial charge in [0.2, 0.25) is 12.7 Å². The first-order valence-corrected chi connectivity index (χ1v) is 7.88. The summed E-state index contributed by atoms with van der Waals surface area (Å²) in [6, 6.07) is 5.60. The van der Waals surface area contributed by atoms with Crippen molar-refractivity contribution in [3.05, 3.63) is 30.0 Å². The molecule has 2 aromatic rings. The average molecular weight is 346 g/mol. The summed E-state index contributed by atoms with van der Waals surface area (Å²) < 4.78 is 16.7. The highest BCUT2D eigenvalue weighted by Crippen LogP contribution is 2.32. The molecule has 0 saturated heterocycles. The van der Waals surface area contributed by atoms with Crippen LogP contribution in [0.1, 0.15) is 18.9 Å². The fraction of sp³-hybridized carbons (Fsp3) is 0.375. The van der Waals surface area contributed by atoms with Crippen LogP contribution < -0.4 is 14.8 Å². The van der Waals surface area contributed by atoms with Gasteiger partial charge >= 0.3 is 5.97 Å². The number of benzene rings is 1. The van der Waals surface area contributed by atoms with Crippen LogP contribution in [0.15, 0.2) is 24.4 Å². The van der Waals surface area contributed by atoms with Gasteiger partial charge in [-0.25, -0.2) is 4.68 Å². The molecule has 9 heteroatoms. The molecule has 0 spiro atoms. The molecule has 0 fully saturated rings. The molecule has 2 heterocycles. The van der Waals surface area contributed by atoms with E-state index in [-0.39, 0.29) is 25.7 Å². The Morgan fingerprint density at radius 1 is 1.32 bits per heavy atom. The van der Waals surface area contributed by atoms with Crippen LogP contribution in [0, 0.1) is 0 Å². The average Bonchev–Trinajstić information content (AvgIpc) is 3.22. The number of nitrogens with zero attached hydrogens (tertiary/aromatic N) is 3. The van der Waals surface area contributed by atoms with Gasteiger partial charge in [0.15, 0.2) is 17.3 Å². The Morgan fingerprint density at radius 2 is 2.16 bits per heavy atom. The van der Waals surface area contributed by atoms with E-state index >= 15 is 0 Å². The fourth-order valence-electron chi connectivity index (χ4n) is 2.33. The molecule has 132 valence electrons. The number of aryl methyl sites for hydroxylation is 1. The Labute approximate surface area is 143 Å². The van der Waals surface area contributed by atoms with Gasteiger partial charge in [0, 0.05) is 6.42 Å². The molecule has 25 heavy (non-hydrogen) atoms. The predicted octanol–water partition coefficient (Wildman–Crippen LogP) is 1.14. The first-order chi connectivity index (χ1) is 12.1. The lowest BCUT2D eigenvalue weighted by Gasteiger charge is -2.03. The molecule has 1 aliphatic heterocycles. The molecule has 0 unspecified atom stereocenters. The molecule has 1 aliphatic rings. The van der Waals surface area contributed by atoms with Crippen LogP contribution in [0.25, 0.3) is 0 Å². The maximum Gasteiger partial charge on any atom is 0.327 e. The van der Waals surface area contributed by atoms with E-state index in [1.807, 2.05) is 18.2 Å². The summed E-state index contributed by atoms with van der Waals surface area (Å²) in [5.74, 6) is 1.10. The highest BCUT2D eigenvalue weighted by molar-refractivity contribution is 5.89. The highest BCUT2D eigenvalue weighted by atomic mass is 16.7. The van der Waals surface area contributed by atoms with E-state index in [2.05, 4.69) is 15.6 Å². The molecular formula is C16H18N4O5. The third-order valence-electron chi connectivity index (χ3n) is 3.48. The van der Waals surface area contributed by atoms with Crippen molar-refractivity contribution in [1.82, 2.24) is 15.0 Å². The van der Waals surface area contributed by atoms with E-state index in [4.69, 9.17) is 14.2 Å². The SMILES string of the molecule is CCOC(=O)Cn1cc(NC(=O)CCc2ccc3c(c2)OCO3)nn1. The second-order valence-electron chi connectivity index (χ2n) is 5.34. The van der Waals surface area contributed by atoms with Crippen molar-refractivity contribution in [2.45, 2.75) is 26.3 Å². The van der Waals surface area contributed by atoms with Crippen LogP contribution in [0.4, 0.5) is 5.82 Å². The van der Waals surface area contributed by atoms with Gasteiger partial charge < -0.3 is 19.5 Å². The minimum Gasteiger partial charge on any atom is -0.465 e. The monoisotopic (exact) mass is 346 g/mol. The Kier molecular flexibility index (Phi) is 5.12. The summed E-state index contributed by atoms with van der Waals surface area (Å²) in [6.07, 6.45) is 2.32. The quantitative estimate of drug-likeness (QED) is 0.750.